The summed E-state index contributed by atoms with van der Waals surface area (Å²) in [7, 11) is 0. The molecule has 0 bridgehead atoms. The fourth-order valence-electron chi connectivity index (χ4n) is 4.48. The number of fused-ring (bicyclic) bond motifs is 1. The highest BCUT2D eigenvalue weighted by molar-refractivity contribution is 6.25. The first-order valence-electron chi connectivity index (χ1n) is 11.1. The Hall–Kier alpha value is -3.58. The first kappa shape index (κ1) is 22.6. The van der Waals surface area contributed by atoms with Gasteiger partial charge >= 0.3 is 0 Å². The number of rotatable bonds is 7. The van der Waals surface area contributed by atoms with E-state index >= 15 is 0 Å². The molecule has 0 saturated heterocycles. The number of nitrogens with zero attached hydrogens (tertiary/aromatic N) is 2. The van der Waals surface area contributed by atoms with Crippen LogP contribution in [0.15, 0.2) is 70.9 Å². The topological polar surface area (TPSA) is 107 Å². The van der Waals surface area contributed by atoms with E-state index in [1.165, 1.54) is 4.90 Å². The highest BCUT2D eigenvalue weighted by Gasteiger charge is 2.35. The van der Waals surface area contributed by atoms with Gasteiger partial charge in [0.1, 0.15) is 5.76 Å². The maximum absolute atomic E-state index is 13.0. The predicted molar refractivity (Wildman–Crippen MR) is 124 cm³/mol. The van der Waals surface area contributed by atoms with Crippen molar-refractivity contribution in [1.29, 1.82) is 0 Å². The van der Waals surface area contributed by atoms with Crippen molar-refractivity contribution in [3.63, 3.8) is 0 Å². The molecule has 1 fully saturated rings. The molecule has 1 unspecified atom stereocenters. The van der Waals surface area contributed by atoms with Crippen molar-refractivity contribution < 1.29 is 24.6 Å². The van der Waals surface area contributed by atoms with Gasteiger partial charge in [0, 0.05) is 25.1 Å². The zero-order valence-corrected chi connectivity index (χ0v) is 18.2. The highest BCUT2D eigenvalue weighted by Crippen LogP contribution is 2.34. The van der Waals surface area contributed by atoms with Crippen LogP contribution in [0.1, 0.15) is 57.9 Å². The van der Waals surface area contributed by atoms with Crippen LogP contribution in [0.4, 0.5) is 0 Å². The lowest BCUT2D eigenvalue weighted by Crippen LogP contribution is -2.31. The number of carbonyl (C=O) groups excluding carboxylic acids is 3. The summed E-state index contributed by atoms with van der Waals surface area (Å²) in [5.74, 6) is -0.990. The molecule has 1 saturated carbocycles. The molecule has 2 N–H and O–H groups in total. The van der Waals surface area contributed by atoms with Crippen LogP contribution in [-0.2, 0) is 4.79 Å². The summed E-state index contributed by atoms with van der Waals surface area (Å²) in [6, 6.07) is 16.4. The molecule has 0 radical (unpaired) electrons. The van der Waals surface area contributed by atoms with Gasteiger partial charge in [-0.05, 0) is 36.5 Å². The molecule has 1 atom stereocenters. The number of benzene rings is 2. The van der Waals surface area contributed by atoms with Crippen molar-refractivity contribution in [2.45, 2.75) is 31.6 Å². The van der Waals surface area contributed by atoms with Crippen molar-refractivity contribution in [2.75, 3.05) is 19.7 Å². The van der Waals surface area contributed by atoms with Crippen molar-refractivity contribution in [2.24, 2.45) is 4.99 Å². The number of hydrogen-bond acceptors (Lipinski definition) is 6. The molecule has 33 heavy (non-hydrogen) atoms. The maximum Gasteiger partial charge on any atom is 0.261 e. The molecule has 7 nitrogen and oxygen atoms in total. The quantitative estimate of drug-likeness (QED) is 0.385. The summed E-state index contributed by atoms with van der Waals surface area (Å²) in [5.41, 5.74) is 2.51. The Morgan fingerprint density at radius 1 is 0.939 bits per heavy atom. The average Bonchev–Trinajstić information content (AvgIpc) is 3.08. The Morgan fingerprint density at radius 3 is 2.21 bits per heavy atom. The lowest BCUT2D eigenvalue weighted by molar-refractivity contribution is -0.116. The van der Waals surface area contributed by atoms with Crippen molar-refractivity contribution in [1.82, 2.24) is 4.90 Å². The van der Waals surface area contributed by atoms with E-state index < -0.39 is 0 Å². The highest BCUT2D eigenvalue weighted by atomic mass is 16.3. The van der Waals surface area contributed by atoms with Crippen molar-refractivity contribution in [3.05, 3.63) is 82.6 Å². The second-order valence-corrected chi connectivity index (χ2v) is 8.22. The maximum atomic E-state index is 13.0. The van der Waals surface area contributed by atoms with Gasteiger partial charge in [0.25, 0.3) is 11.8 Å². The first-order valence-corrected chi connectivity index (χ1v) is 11.1. The van der Waals surface area contributed by atoms with Crippen LogP contribution < -0.4 is 0 Å². The van der Waals surface area contributed by atoms with Crippen LogP contribution in [0.3, 0.4) is 0 Å². The van der Waals surface area contributed by atoms with Crippen molar-refractivity contribution >= 4 is 23.3 Å². The predicted octanol–water partition coefficient (Wildman–Crippen LogP) is 3.45. The third-order valence-corrected chi connectivity index (χ3v) is 6.07. The van der Waals surface area contributed by atoms with E-state index in [0.29, 0.717) is 29.7 Å². The third-order valence-electron chi connectivity index (χ3n) is 6.07. The summed E-state index contributed by atoms with van der Waals surface area (Å²) in [5, 5.41) is 20.0. The standard InChI is InChI=1S/C26H26N2O5/c29-14-12-27-21-15-18(17-7-2-1-3-8-17)16-23(31)24(21)22(30)11-6-13-28-25(32)19-9-4-5-10-20(19)26(28)33/h1-5,7-10,18,29-30H,6,11-16H2. The summed E-state index contributed by atoms with van der Waals surface area (Å²) in [4.78, 5) is 43.6. The van der Waals surface area contributed by atoms with Gasteiger partial charge < -0.3 is 10.2 Å². The Balaban J connectivity index is 1.47. The van der Waals surface area contributed by atoms with E-state index in [1.54, 1.807) is 24.3 Å². The van der Waals surface area contributed by atoms with Crippen LogP contribution >= 0.6 is 0 Å². The van der Waals surface area contributed by atoms with E-state index in [-0.39, 0.29) is 67.4 Å². The minimum absolute atomic E-state index is 0.0361. The van der Waals surface area contributed by atoms with Crippen LogP contribution in [0.25, 0.3) is 0 Å². The smallest absolute Gasteiger partial charge is 0.261 e. The number of aliphatic imine (C=N–C) groups is 1. The van der Waals surface area contributed by atoms with Gasteiger partial charge in [-0.25, -0.2) is 0 Å². The normalized spacial score (nSPS) is 21.0. The number of allylic oxidation sites excluding steroid dienone is 2. The van der Waals surface area contributed by atoms with Gasteiger partial charge in [-0.15, -0.1) is 0 Å². The third kappa shape index (κ3) is 4.64. The summed E-state index contributed by atoms with van der Waals surface area (Å²) < 4.78 is 0. The number of carbonyl (C=O) groups is 3. The number of hydrogen-bond donors (Lipinski definition) is 2. The lowest BCUT2D eigenvalue weighted by Gasteiger charge is -2.26. The molecule has 4 rings (SSSR count). The molecule has 2 aliphatic rings. The van der Waals surface area contributed by atoms with E-state index in [9.17, 15) is 24.6 Å². The second kappa shape index (κ2) is 9.92. The second-order valence-electron chi connectivity index (χ2n) is 8.22. The summed E-state index contributed by atoms with van der Waals surface area (Å²) >= 11 is 0. The summed E-state index contributed by atoms with van der Waals surface area (Å²) in [6.45, 7) is 0.144. The Kier molecular flexibility index (Phi) is 6.79. The van der Waals surface area contributed by atoms with Gasteiger partial charge in [0.05, 0.1) is 29.9 Å². The molecule has 2 aromatic carbocycles. The molecule has 1 aliphatic carbocycles. The minimum atomic E-state index is -0.340. The Labute approximate surface area is 192 Å². The zero-order chi connectivity index (χ0) is 23.4. The Morgan fingerprint density at radius 2 is 1.58 bits per heavy atom. The fraction of sp³-hybridized carbons (Fsp3) is 0.308. The molecular formula is C26H26N2O5. The van der Waals surface area contributed by atoms with Gasteiger partial charge in [-0.2, -0.15) is 0 Å². The molecule has 2 aromatic rings. The van der Waals surface area contributed by atoms with Gasteiger partial charge in [-0.1, -0.05) is 42.5 Å². The fourth-order valence-corrected chi connectivity index (χ4v) is 4.48. The zero-order valence-electron chi connectivity index (χ0n) is 18.2. The van der Waals surface area contributed by atoms with Gasteiger partial charge in [0.2, 0.25) is 0 Å². The molecule has 0 aromatic heterocycles. The number of ketones is 1. The Bertz CT molecular complexity index is 1100. The largest absolute Gasteiger partial charge is 0.511 e. The summed E-state index contributed by atoms with van der Waals surface area (Å²) in [6.07, 6.45) is 1.22. The van der Waals surface area contributed by atoms with Crippen LogP contribution in [0, 0.1) is 0 Å². The number of amides is 2. The molecule has 1 aliphatic heterocycles. The SMILES string of the molecule is O=C1CC(c2ccccc2)CC(=NCCO)C1=C(O)CCCN1C(=O)c2ccccc2C1=O. The average molecular weight is 447 g/mol. The number of aliphatic hydroxyl groups is 2. The van der Waals surface area contributed by atoms with Gasteiger partial charge in [0.15, 0.2) is 5.78 Å². The van der Waals surface area contributed by atoms with Crippen LogP contribution in [0.2, 0.25) is 0 Å². The lowest BCUT2D eigenvalue weighted by atomic mass is 9.78. The molecule has 1 heterocycles. The monoisotopic (exact) mass is 446 g/mol. The molecule has 0 spiro atoms. The molecular weight excluding hydrogens is 420 g/mol. The first-order chi connectivity index (χ1) is 16.0. The molecule has 7 heteroatoms. The molecule has 2 amide bonds. The number of aliphatic hydroxyl groups excluding tert-OH is 2. The molecule has 170 valence electrons. The van der Waals surface area contributed by atoms with Gasteiger partial charge in [-0.3, -0.25) is 24.3 Å². The van der Waals surface area contributed by atoms with E-state index in [0.717, 1.165) is 5.56 Å². The van der Waals surface area contributed by atoms with E-state index in [2.05, 4.69) is 4.99 Å². The van der Waals surface area contributed by atoms with Crippen LogP contribution in [0.5, 0.6) is 0 Å². The minimum Gasteiger partial charge on any atom is -0.511 e. The van der Waals surface area contributed by atoms with E-state index in [1.807, 2.05) is 30.3 Å². The van der Waals surface area contributed by atoms with Crippen LogP contribution in [-0.4, -0.2) is 58.1 Å². The number of Topliss-reactive ketones (excluding diaryl/α,β-unsaturated/α-hetero) is 1. The van der Waals surface area contributed by atoms with Crippen molar-refractivity contribution in [3.8, 4) is 0 Å². The van der Waals surface area contributed by atoms with E-state index in [4.69, 9.17) is 0 Å². The number of imide groups is 1.